The Morgan fingerprint density at radius 1 is 1.04 bits per heavy atom. The molecule has 0 fully saturated rings. The first-order valence-corrected chi connectivity index (χ1v) is 8.83. The number of benzene rings is 3. The second kappa shape index (κ2) is 7.85. The van der Waals surface area contributed by atoms with Crippen LogP contribution in [0.25, 0.3) is 10.8 Å². The van der Waals surface area contributed by atoms with Crippen LogP contribution in [0.15, 0.2) is 60.7 Å². The predicted molar refractivity (Wildman–Crippen MR) is 105 cm³/mol. The molecule has 134 valence electrons. The zero-order chi connectivity index (χ0) is 18.7. The number of carbonyl (C=O) groups is 1. The lowest BCUT2D eigenvalue weighted by atomic mass is 9.99. The summed E-state index contributed by atoms with van der Waals surface area (Å²) in [6, 6.07) is 17.7. The Balaban J connectivity index is 1.73. The van der Waals surface area contributed by atoms with E-state index in [4.69, 9.17) is 11.6 Å². The molecule has 0 saturated heterocycles. The molecule has 0 radical (unpaired) electrons. The van der Waals surface area contributed by atoms with Crippen molar-refractivity contribution in [3.8, 4) is 0 Å². The van der Waals surface area contributed by atoms with Crippen LogP contribution >= 0.6 is 11.6 Å². The Bertz CT molecular complexity index is 939. The lowest BCUT2D eigenvalue weighted by Gasteiger charge is -2.21. The smallest absolute Gasteiger partial charge is 0.241 e. The Hall–Kier alpha value is -2.43. The molecule has 0 bridgehead atoms. The molecule has 26 heavy (non-hydrogen) atoms. The minimum Gasteiger partial charge on any atom is -0.322 e. The van der Waals surface area contributed by atoms with Gasteiger partial charge in [-0.3, -0.25) is 10.1 Å². The van der Waals surface area contributed by atoms with E-state index in [1.54, 1.807) is 6.92 Å². The van der Waals surface area contributed by atoms with Crippen molar-refractivity contribution in [3.05, 3.63) is 77.1 Å². The van der Waals surface area contributed by atoms with Gasteiger partial charge in [-0.1, -0.05) is 54.1 Å². The molecule has 1 amide bonds. The van der Waals surface area contributed by atoms with E-state index < -0.39 is 11.9 Å². The molecule has 3 nitrogen and oxygen atoms in total. The van der Waals surface area contributed by atoms with E-state index in [0.29, 0.717) is 5.02 Å². The van der Waals surface area contributed by atoms with Crippen molar-refractivity contribution in [2.24, 2.45) is 0 Å². The van der Waals surface area contributed by atoms with Gasteiger partial charge in [-0.25, -0.2) is 4.39 Å². The summed E-state index contributed by atoms with van der Waals surface area (Å²) >= 11 is 5.87. The van der Waals surface area contributed by atoms with Crippen molar-refractivity contribution in [2.75, 3.05) is 5.32 Å². The van der Waals surface area contributed by atoms with Gasteiger partial charge in [0.15, 0.2) is 0 Å². The third kappa shape index (κ3) is 4.03. The van der Waals surface area contributed by atoms with Crippen LogP contribution in [0.3, 0.4) is 0 Å². The van der Waals surface area contributed by atoms with Gasteiger partial charge in [0.25, 0.3) is 0 Å². The van der Waals surface area contributed by atoms with E-state index in [0.717, 1.165) is 16.3 Å². The standard InChI is InChI=1S/C21H20ClFN2O/c1-13(17-9-5-7-15-6-3-4-8-18(15)17)24-14(2)21(26)25-20-12-16(22)10-11-19(20)23/h3-14,24H,1-2H3,(H,25,26). The van der Waals surface area contributed by atoms with Crippen molar-refractivity contribution >= 4 is 34.0 Å². The average molecular weight is 371 g/mol. The fourth-order valence-corrected chi connectivity index (χ4v) is 3.17. The molecule has 2 atom stereocenters. The first kappa shape index (κ1) is 18.4. The number of hydrogen-bond acceptors (Lipinski definition) is 2. The molecule has 0 aliphatic carbocycles. The predicted octanol–water partition coefficient (Wildman–Crippen LogP) is 5.31. The highest BCUT2D eigenvalue weighted by atomic mass is 35.5. The Morgan fingerprint density at radius 3 is 2.58 bits per heavy atom. The number of anilines is 1. The lowest BCUT2D eigenvalue weighted by molar-refractivity contribution is -0.118. The molecule has 0 heterocycles. The van der Waals surface area contributed by atoms with Gasteiger partial charge in [0.2, 0.25) is 5.91 Å². The SMILES string of the molecule is CC(NC(C)c1cccc2ccccc12)C(=O)Nc1cc(Cl)ccc1F. The largest absolute Gasteiger partial charge is 0.322 e. The van der Waals surface area contributed by atoms with Crippen LogP contribution in [0.1, 0.15) is 25.5 Å². The molecule has 0 aliphatic heterocycles. The van der Waals surface area contributed by atoms with Crippen LogP contribution < -0.4 is 10.6 Å². The highest BCUT2D eigenvalue weighted by Gasteiger charge is 2.18. The molecule has 0 spiro atoms. The molecular weight excluding hydrogens is 351 g/mol. The highest BCUT2D eigenvalue weighted by molar-refractivity contribution is 6.30. The Morgan fingerprint density at radius 2 is 1.77 bits per heavy atom. The van der Waals surface area contributed by atoms with Crippen molar-refractivity contribution in [1.82, 2.24) is 5.32 Å². The van der Waals surface area contributed by atoms with Crippen molar-refractivity contribution in [3.63, 3.8) is 0 Å². The second-order valence-electron chi connectivity index (χ2n) is 6.29. The van der Waals surface area contributed by atoms with Gasteiger partial charge in [0.1, 0.15) is 5.82 Å². The van der Waals surface area contributed by atoms with Crippen molar-refractivity contribution in [2.45, 2.75) is 25.9 Å². The summed E-state index contributed by atoms with van der Waals surface area (Å²) in [6.07, 6.45) is 0. The van der Waals surface area contributed by atoms with Crippen LogP contribution in [0.5, 0.6) is 0 Å². The zero-order valence-electron chi connectivity index (χ0n) is 14.6. The maximum Gasteiger partial charge on any atom is 0.241 e. The maximum atomic E-state index is 13.8. The van der Waals surface area contributed by atoms with E-state index in [1.807, 2.05) is 31.2 Å². The van der Waals surface area contributed by atoms with Crippen molar-refractivity contribution in [1.29, 1.82) is 0 Å². The molecule has 2 N–H and O–H groups in total. The van der Waals surface area contributed by atoms with Gasteiger partial charge >= 0.3 is 0 Å². The number of amides is 1. The van der Waals surface area contributed by atoms with Gasteiger partial charge in [0.05, 0.1) is 11.7 Å². The fourth-order valence-electron chi connectivity index (χ4n) is 3.00. The van der Waals surface area contributed by atoms with Crippen LogP contribution in [0.2, 0.25) is 5.02 Å². The maximum absolute atomic E-state index is 13.8. The minimum atomic E-state index is -0.517. The second-order valence-corrected chi connectivity index (χ2v) is 6.73. The molecular formula is C21H20ClFN2O. The van der Waals surface area contributed by atoms with E-state index in [-0.39, 0.29) is 17.6 Å². The average Bonchev–Trinajstić information content (AvgIpc) is 2.64. The summed E-state index contributed by atoms with van der Waals surface area (Å²) in [6.45, 7) is 3.75. The summed E-state index contributed by atoms with van der Waals surface area (Å²) < 4.78 is 13.8. The van der Waals surface area contributed by atoms with Crippen molar-refractivity contribution < 1.29 is 9.18 Å². The van der Waals surface area contributed by atoms with Gasteiger partial charge in [-0.05, 0) is 48.4 Å². The first-order valence-electron chi connectivity index (χ1n) is 8.45. The molecule has 0 aromatic heterocycles. The van der Waals surface area contributed by atoms with Crippen LogP contribution in [-0.4, -0.2) is 11.9 Å². The lowest BCUT2D eigenvalue weighted by Crippen LogP contribution is -2.39. The van der Waals surface area contributed by atoms with E-state index in [9.17, 15) is 9.18 Å². The quantitative estimate of drug-likeness (QED) is 0.639. The Kier molecular flexibility index (Phi) is 5.55. The number of hydrogen-bond donors (Lipinski definition) is 2. The number of nitrogens with one attached hydrogen (secondary N) is 2. The van der Waals surface area contributed by atoms with E-state index in [1.165, 1.54) is 18.2 Å². The molecule has 0 saturated carbocycles. The molecule has 2 unspecified atom stereocenters. The topological polar surface area (TPSA) is 41.1 Å². The summed E-state index contributed by atoms with van der Waals surface area (Å²) in [5.41, 5.74) is 1.19. The first-order chi connectivity index (χ1) is 12.5. The number of halogens is 2. The number of rotatable bonds is 5. The summed E-state index contributed by atoms with van der Waals surface area (Å²) in [7, 11) is 0. The summed E-state index contributed by atoms with van der Waals surface area (Å²) in [5.74, 6) is -0.838. The highest BCUT2D eigenvalue weighted by Crippen LogP contribution is 2.25. The minimum absolute atomic E-state index is 0.0499. The molecule has 3 aromatic carbocycles. The van der Waals surface area contributed by atoms with Gasteiger partial charge in [0, 0.05) is 11.1 Å². The van der Waals surface area contributed by atoms with Crippen LogP contribution in [-0.2, 0) is 4.79 Å². The Labute approximate surface area is 157 Å². The summed E-state index contributed by atoms with van der Waals surface area (Å²) in [4.78, 5) is 12.4. The third-order valence-electron chi connectivity index (χ3n) is 4.37. The van der Waals surface area contributed by atoms with Gasteiger partial charge < -0.3 is 5.32 Å². The van der Waals surface area contributed by atoms with Gasteiger partial charge in [-0.15, -0.1) is 0 Å². The molecule has 5 heteroatoms. The van der Waals surface area contributed by atoms with E-state index >= 15 is 0 Å². The van der Waals surface area contributed by atoms with Gasteiger partial charge in [-0.2, -0.15) is 0 Å². The number of fused-ring (bicyclic) bond motifs is 1. The molecule has 3 aromatic rings. The molecule has 3 rings (SSSR count). The number of carbonyl (C=O) groups excluding carboxylic acids is 1. The van der Waals surface area contributed by atoms with Crippen LogP contribution in [0.4, 0.5) is 10.1 Å². The normalized spacial score (nSPS) is 13.4. The zero-order valence-corrected chi connectivity index (χ0v) is 15.3. The monoisotopic (exact) mass is 370 g/mol. The fraction of sp³-hybridized carbons (Fsp3) is 0.190. The molecule has 0 aliphatic rings. The summed E-state index contributed by atoms with van der Waals surface area (Å²) in [5, 5.41) is 8.52. The third-order valence-corrected chi connectivity index (χ3v) is 4.60. The van der Waals surface area contributed by atoms with Crippen LogP contribution in [0, 0.1) is 5.82 Å². The van der Waals surface area contributed by atoms with E-state index in [2.05, 4.69) is 28.8 Å².